The summed E-state index contributed by atoms with van der Waals surface area (Å²) in [7, 11) is 0. The van der Waals surface area contributed by atoms with Crippen molar-refractivity contribution in [2.75, 3.05) is 11.1 Å². The monoisotopic (exact) mass is 284 g/mol. The first-order chi connectivity index (χ1) is 10.2. The van der Waals surface area contributed by atoms with Crippen molar-refractivity contribution in [3.8, 4) is 0 Å². The van der Waals surface area contributed by atoms with Crippen LogP contribution in [-0.4, -0.2) is 9.55 Å². The summed E-state index contributed by atoms with van der Waals surface area (Å²) in [5.74, 6) is 0.425. The van der Waals surface area contributed by atoms with E-state index in [9.17, 15) is 4.79 Å². The summed E-state index contributed by atoms with van der Waals surface area (Å²) in [6.45, 7) is 2.59. The van der Waals surface area contributed by atoms with E-state index in [2.05, 4.69) is 16.4 Å². The molecule has 0 bridgehead atoms. The highest BCUT2D eigenvalue weighted by molar-refractivity contribution is 5.49. The first-order valence-electron chi connectivity index (χ1n) is 7.39. The predicted molar refractivity (Wildman–Crippen MR) is 84.3 cm³/mol. The summed E-state index contributed by atoms with van der Waals surface area (Å²) in [5, 5.41) is 3.31. The van der Waals surface area contributed by atoms with E-state index in [1.807, 2.05) is 19.1 Å². The number of nitrogens with two attached hydrogens (primary N) is 1. The van der Waals surface area contributed by atoms with Gasteiger partial charge in [-0.3, -0.25) is 4.79 Å². The molecular formula is C16H20N4O. The maximum absolute atomic E-state index is 12.3. The van der Waals surface area contributed by atoms with Crippen LogP contribution in [0.3, 0.4) is 0 Å². The largest absolute Gasteiger partial charge is 0.399 e. The quantitative estimate of drug-likeness (QED) is 0.848. The smallest absolute Gasteiger partial charge is 0.293 e. The van der Waals surface area contributed by atoms with Gasteiger partial charge >= 0.3 is 0 Å². The molecule has 0 aliphatic heterocycles. The summed E-state index contributed by atoms with van der Waals surface area (Å²) < 4.78 is 1.65. The molecule has 1 unspecified atom stereocenters. The average molecular weight is 284 g/mol. The minimum atomic E-state index is -0.0671. The summed E-state index contributed by atoms with van der Waals surface area (Å²) in [6.07, 6.45) is 6.50. The molecule has 110 valence electrons. The molecule has 0 radical (unpaired) electrons. The fraction of sp³-hybridized carbons (Fsp3) is 0.375. The molecule has 5 heteroatoms. The number of anilines is 2. The molecule has 0 saturated heterocycles. The zero-order valence-corrected chi connectivity index (χ0v) is 12.2. The number of benzene rings is 1. The van der Waals surface area contributed by atoms with Crippen LogP contribution in [0.25, 0.3) is 0 Å². The SMILES string of the molecule is CCn1ccnc(NC2CCCc3cc(N)ccc32)c1=O. The number of nitrogens with zero attached hydrogens (tertiary/aromatic N) is 2. The first kappa shape index (κ1) is 13.7. The topological polar surface area (TPSA) is 72.9 Å². The minimum Gasteiger partial charge on any atom is -0.399 e. The number of fused-ring (bicyclic) bond motifs is 1. The Morgan fingerprint density at radius 1 is 1.48 bits per heavy atom. The number of aryl methyl sites for hydroxylation is 2. The number of nitrogen functional groups attached to an aromatic ring is 1. The predicted octanol–water partition coefficient (Wildman–Crippen LogP) is 2.33. The van der Waals surface area contributed by atoms with Gasteiger partial charge in [-0.25, -0.2) is 4.98 Å². The summed E-state index contributed by atoms with van der Waals surface area (Å²) >= 11 is 0. The second kappa shape index (κ2) is 5.60. The Morgan fingerprint density at radius 3 is 3.14 bits per heavy atom. The van der Waals surface area contributed by atoms with Crippen molar-refractivity contribution in [2.24, 2.45) is 0 Å². The second-order valence-corrected chi connectivity index (χ2v) is 5.41. The molecule has 5 nitrogen and oxygen atoms in total. The molecule has 1 aromatic heterocycles. The lowest BCUT2D eigenvalue weighted by Gasteiger charge is -2.27. The Bertz CT molecular complexity index is 708. The van der Waals surface area contributed by atoms with E-state index >= 15 is 0 Å². The zero-order chi connectivity index (χ0) is 14.8. The van der Waals surface area contributed by atoms with Gasteiger partial charge in [-0.1, -0.05) is 6.07 Å². The Kier molecular flexibility index (Phi) is 3.64. The lowest BCUT2D eigenvalue weighted by molar-refractivity contribution is 0.595. The van der Waals surface area contributed by atoms with Crippen LogP contribution in [0.2, 0.25) is 0 Å². The van der Waals surface area contributed by atoms with E-state index in [-0.39, 0.29) is 11.6 Å². The van der Waals surface area contributed by atoms with Crippen molar-refractivity contribution in [3.63, 3.8) is 0 Å². The third-order valence-electron chi connectivity index (χ3n) is 4.05. The maximum Gasteiger partial charge on any atom is 0.293 e. The third kappa shape index (κ3) is 2.63. The lowest BCUT2D eigenvalue weighted by Crippen LogP contribution is -2.27. The van der Waals surface area contributed by atoms with Gasteiger partial charge in [0.05, 0.1) is 6.04 Å². The number of rotatable bonds is 3. The van der Waals surface area contributed by atoms with Gasteiger partial charge in [-0.15, -0.1) is 0 Å². The number of aromatic nitrogens is 2. The summed E-state index contributed by atoms with van der Waals surface area (Å²) in [4.78, 5) is 16.5. The highest BCUT2D eigenvalue weighted by Gasteiger charge is 2.21. The Balaban J connectivity index is 1.92. The zero-order valence-electron chi connectivity index (χ0n) is 12.2. The first-order valence-corrected chi connectivity index (χ1v) is 7.39. The van der Waals surface area contributed by atoms with Crippen molar-refractivity contribution in [3.05, 3.63) is 52.1 Å². The van der Waals surface area contributed by atoms with Crippen LogP contribution < -0.4 is 16.6 Å². The molecule has 1 aliphatic rings. The normalized spacial score (nSPS) is 17.3. The van der Waals surface area contributed by atoms with Gasteiger partial charge in [0.1, 0.15) is 0 Å². The standard InChI is InChI=1S/C16H20N4O/c1-2-20-9-8-18-15(16(20)21)19-14-5-3-4-11-10-12(17)6-7-13(11)14/h6-10,14H,2-5,17H2,1H3,(H,18,19). The van der Waals surface area contributed by atoms with Gasteiger partial charge in [0, 0.05) is 24.6 Å². The van der Waals surface area contributed by atoms with E-state index in [4.69, 9.17) is 5.73 Å². The number of hydrogen-bond donors (Lipinski definition) is 2. The Labute approximate surface area is 123 Å². The van der Waals surface area contributed by atoms with Crippen molar-refractivity contribution in [2.45, 2.75) is 38.8 Å². The lowest BCUT2D eigenvalue weighted by atomic mass is 9.87. The van der Waals surface area contributed by atoms with Gasteiger partial charge in [0.2, 0.25) is 0 Å². The fourth-order valence-corrected chi connectivity index (χ4v) is 2.94. The molecule has 21 heavy (non-hydrogen) atoms. The van der Waals surface area contributed by atoms with Crippen LogP contribution in [0.15, 0.2) is 35.4 Å². The Morgan fingerprint density at radius 2 is 2.33 bits per heavy atom. The maximum atomic E-state index is 12.3. The van der Waals surface area contributed by atoms with Crippen molar-refractivity contribution in [1.29, 1.82) is 0 Å². The average Bonchev–Trinajstić information content (AvgIpc) is 2.49. The molecule has 1 aromatic carbocycles. The van der Waals surface area contributed by atoms with Gasteiger partial charge in [0.25, 0.3) is 5.56 Å². The summed E-state index contributed by atoms with van der Waals surface area (Å²) in [5.41, 5.74) is 9.08. The fourth-order valence-electron chi connectivity index (χ4n) is 2.94. The van der Waals surface area contributed by atoms with Crippen LogP contribution in [0, 0.1) is 0 Å². The third-order valence-corrected chi connectivity index (χ3v) is 4.05. The van der Waals surface area contributed by atoms with E-state index in [0.717, 1.165) is 24.9 Å². The molecule has 1 atom stereocenters. The van der Waals surface area contributed by atoms with E-state index in [1.165, 1.54) is 11.1 Å². The molecular weight excluding hydrogens is 264 g/mol. The van der Waals surface area contributed by atoms with Crippen LogP contribution >= 0.6 is 0 Å². The van der Waals surface area contributed by atoms with Gasteiger partial charge < -0.3 is 15.6 Å². The van der Waals surface area contributed by atoms with E-state index < -0.39 is 0 Å². The molecule has 3 rings (SSSR count). The van der Waals surface area contributed by atoms with Crippen LogP contribution in [0.5, 0.6) is 0 Å². The molecule has 0 spiro atoms. The molecule has 2 aromatic rings. The van der Waals surface area contributed by atoms with Gasteiger partial charge in [-0.05, 0) is 49.4 Å². The summed E-state index contributed by atoms with van der Waals surface area (Å²) in [6, 6.07) is 6.14. The second-order valence-electron chi connectivity index (χ2n) is 5.41. The molecule has 3 N–H and O–H groups in total. The molecule has 0 saturated carbocycles. The minimum absolute atomic E-state index is 0.0671. The van der Waals surface area contributed by atoms with Crippen LogP contribution in [0.4, 0.5) is 11.5 Å². The van der Waals surface area contributed by atoms with E-state index in [1.54, 1.807) is 17.0 Å². The van der Waals surface area contributed by atoms with Crippen molar-refractivity contribution in [1.82, 2.24) is 9.55 Å². The number of nitrogens with one attached hydrogen (secondary N) is 1. The van der Waals surface area contributed by atoms with Crippen LogP contribution in [0.1, 0.15) is 36.9 Å². The van der Waals surface area contributed by atoms with Crippen LogP contribution in [-0.2, 0) is 13.0 Å². The molecule has 0 amide bonds. The number of hydrogen-bond acceptors (Lipinski definition) is 4. The molecule has 1 heterocycles. The van der Waals surface area contributed by atoms with E-state index in [0.29, 0.717) is 12.4 Å². The molecule has 0 fully saturated rings. The van der Waals surface area contributed by atoms with Crippen molar-refractivity contribution >= 4 is 11.5 Å². The highest BCUT2D eigenvalue weighted by Crippen LogP contribution is 2.32. The van der Waals surface area contributed by atoms with Crippen molar-refractivity contribution < 1.29 is 0 Å². The van der Waals surface area contributed by atoms with Gasteiger partial charge in [-0.2, -0.15) is 0 Å². The highest BCUT2D eigenvalue weighted by atomic mass is 16.1. The Hall–Kier alpha value is -2.30. The molecule has 1 aliphatic carbocycles. The van der Waals surface area contributed by atoms with Gasteiger partial charge in [0.15, 0.2) is 5.82 Å².